The maximum atomic E-state index is 11.5. The molecule has 1 aromatic rings. The van der Waals surface area contributed by atoms with Crippen molar-refractivity contribution in [1.82, 2.24) is 10.3 Å². The van der Waals surface area contributed by atoms with Gasteiger partial charge in [-0.1, -0.05) is 6.07 Å². The van der Waals surface area contributed by atoms with Crippen molar-refractivity contribution in [3.8, 4) is 0 Å². The van der Waals surface area contributed by atoms with E-state index in [1.807, 2.05) is 29.9 Å². The average Bonchev–Trinajstić information content (AvgIpc) is 2.76. The number of nitrogens with one attached hydrogen (secondary N) is 1. The number of nitrogens with zero attached hydrogens (tertiary/aromatic N) is 1. The van der Waals surface area contributed by atoms with Crippen molar-refractivity contribution in [1.29, 1.82) is 0 Å². The first kappa shape index (κ1) is 11.7. The van der Waals surface area contributed by atoms with Crippen LogP contribution in [0.5, 0.6) is 0 Å². The second kappa shape index (κ2) is 5.47. The lowest BCUT2D eigenvalue weighted by Gasteiger charge is -2.18. The third kappa shape index (κ3) is 3.03. The van der Waals surface area contributed by atoms with Crippen LogP contribution in [0, 0.1) is 0 Å². The van der Waals surface area contributed by atoms with Gasteiger partial charge in [0.25, 0.3) is 0 Å². The van der Waals surface area contributed by atoms with Crippen LogP contribution in [0.3, 0.4) is 0 Å². The molecule has 0 bridgehead atoms. The largest absolute Gasteiger partial charge is 0.330 e. The summed E-state index contributed by atoms with van der Waals surface area (Å²) >= 11 is 1.55. The van der Waals surface area contributed by atoms with Gasteiger partial charge in [0, 0.05) is 11.4 Å². The van der Waals surface area contributed by atoms with Gasteiger partial charge in [0.15, 0.2) is 0 Å². The molecule has 6 heteroatoms. The second-order valence-corrected chi connectivity index (χ2v) is 3.90. The Bertz CT molecular complexity index is 337. The molecule has 2 amide bonds. The normalized spacial score (nSPS) is 9.73. The molecule has 15 heavy (non-hydrogen) atoms. The number of carbonyl (C=O) groups is 2. The lowest BCUT2D eigenvalue weighted by molar-refractivity contribution is -0.146. The molecule has 0 aromatic carbocycles. The van der Waals surface area contributed by atoms with Gasteiger partial charge in [0.2, 0.25) is 0 Å². The third-order valence-electron chi connectivity index (χ3n) is 1.92. The number of hydrogen-bond acceptors (Lipinski definition) is 4. The average molecular weight is 227 g/mol. The summed E-state index contributed by atoms with van der Waals surface area (Å²) < 4.78 is 0. The summed E-state index contributed by atoms with van der Waals surface area (Å²) in [4.78, 5) is 25.0. The van der Waals surface area contributed by atoms with Gasteiger partial charge < -0.3 is 4.90 Å². The van der Waals surface area contributed by atoms with Crippen LogP contribution in [0.15, 0.2) is 17.5 Å². The smallest absolute Gasteiger partial charge is 0.323 e. The van der Waals surface area contributed by atoms with Crippen molar-refractivity contribution in [2.75, 3.05) is 6.54 Å². The highest BCUT2D eigenvalue weighted by Gasteiger charge is 2.19. The summed E-state index contributed by atoms with van der Waals surface area (Å²) in [5.74, 6) is 3.51. The highest BCUT2D eigenvalue weighted by molar-refractivity contribution is 7.09. The van der Waals surface area contributed by atoms with Gasteiger partial charge in [0.05, 0.1) is 6.54 Å². The molecular formula is C9H13N3O2S. The van der Waals surface area contributed by atoms with Crippen LogP contribution in [0.2, 0.25) is 0 Å². The maximum Gasteiger partial charge on any atom is 0.323 e. The Labute approximate surface area is 91.8 Å². The molecule has 0 aliphatic heterocycles. The van der Waals surface area contributed by atoms with Crippen LogP contribution in [0.1, 0.15) is 11.8 Å². The van der Waals surface area contributed by atoms with Crippen molar-refractivity contribution in [2.24, 2.45) is 5.84 Å². The predicted molar refractivity (Wildman–Crippen MR) is 57.7 cm³/mol. The highest BCUT2D eigenvalue weighted by Crippen LogP contribution is 2.11. The van der Waals surface area contributed by atoms with Gasteiger partial charge in [-0.3, -0.25) is 15.0 Å². The molecule has 1 heterocycles. The first-order valence-corrected chi connectivity index (χ1v) is 5.39. The number of carbonyl (C=O) groups excluding carboxylic acids is 2. The number of thiophene rings is 1. The van der Waals surface area contributed by atoms with E-state index >= 15 is 0 Å². The summed E-state index contributed by atoms with van der Waals surface area (Å²) in [6, 6.07) is 3.82. The summed E-state index contributed by atoms with van der Waals surface area (Å²) in [6.07, 6.45) is 0. The monoisotopic (exact) mass is 227 g/mol. The molecule has 0 spiro atoms. The number of amides is 2. The topological polar surface area (TPSA) is 75.4 Å². The fourth-order valence-corrected chi connectivity index (χ4v) is 1.84. The Morgan fingerprint density at radius 1 is 1.60 bits per heavy atom. The zero-order valence-corrected chi connectivity index (χ0v) is 9.21. The fourth-order valence-electron chi connectivity index (χ4n) is 1.12. The van der Waals surface area contributed by atoms with E-state index in [-0.39, 0.29) is 0 Å². The van der Waals surface area contributed by atoms with E-state index in [9.17, 15) is 9.59 Å². The van der Waals surface area contributed by atoms with Gasteiger partial charge in [-0.15, -0.1) is 11.3 Å². The van der Waals surface area contributed by atoms with Gasteiger partial charge in [-0.2, -0.15) is 0 Å². The summed E-state index contributed by atoms with van der Waals surface area (Å²) in [5, 5.41) is 1.93. The quantitative estimate of drug-likeness (QED) is 0.332. The predicted octanol–water partition coefficient (Wildman–Crippen LogP) is 0.0865. The van der Waals surface area contributed by atoms with Gasteiger partial charge in [-0.25, -0.2) is 5.84 Å². The van der Waals surface area contributed by atoms with Crippen molar-refractivity contribution in [3.63, 3.8) is 0 Å². The van der Waals surface area contributed by atoms with Crippen LogP contribution >= 0.6 is 11.3 Å². The van der Waals surface area contributed by atoms with Gasteiger partial charge in [0.1, 0.15) is 0 Å². The molecule has 0 aliphatic carbocycles. The van der Waals surface area contributed by atoms with Crippen molar-refractivity contribution in [3.05, 3.63) is 22.4 Å². The first-order chi connectivity index (χ1) is 7.19. The summed E-state index contributed by atoms with van der Waals surface area (Å²) in [6.45, 7) is 2.74. The Kier molecular flexibility index (Phi) is 4.26. The molecule has 0 atom stereocenters. The molecule has 5 nitrogen and oxygen atoms in total. The molecule has 0 aliphatic rings. The van der Waals surface area contributed by atoms with Gasteiger partial charge in [-0.05, 0) is 18.4 Å². The lowest BCUT2D eigenvalue weighted by atomic mass is 10.4. The third-order valence-corrected chi connectivity index (χ3v) is 2.78. The van der Waals surface area contributed by atoms with E-state index in [2.05, 4.69) is 0 Å². The SMILES string of the molecule is CCN(Cc1cccs1)C(=O)C(=O)NN. The van der Waals surface area contributed by atoms with Crippen LogP contribution in [-0.2, 0) is 16.1 Å². The Morgan fingerprint density at radius 2 is 2.33 bits per heavy atom. The minimum atomic E-state index is -0.784. The van der Waals surface area contributed by atoms with E-state index in [0.29, 0.717) is 13.1 Å². The molecule has 0 unspecified atom stereocenters. The highest BCUT2D eigenvalue weighted by atomic mass is 32.1. The number of rotatable bonds is 3. The molecule has 1 rings (SSSR count). The Hall–Kier alpha value is -1.40. The van der Waals surface area contributed by atoms with E-state index < -0.39 is 11.8 Å². The minimum absolute atomic E-state index is 0.445. The van der Waals surface area contributed by atoms with Crippen LogP contribution in [0.25, 0.3) is 0 Å². The van der Waals surface area contributed by atoms with Crippen LogP contribution < -0.4 is 11.3 Å². The van der Waals surface area contributed by atoms with Crippen molar-refractivity contribution < 1.29 is 9.59 Å². The zero-order valence-electron chi connectivity index (χ0n) is 8.40. The van der Waals surface area contributed by atoms with Crippen molar-refractivity contribution >= 4 is 23.2 Å². The molecule has 0 radical (unpaired) electrons. The number of nitrogens with two attached hydrogens (primary N) is 1. The van der Waals surface area contributed by atoms with Gasteiger partial charge >= 0.3 is 11.8 Å². The number of likely N-dealkylation sites (N-methyl/N-ethyl adjacent to an activating group) is 1. The standard InChI is InChI=1S/C9H13N3O2S/c1-2-12(9(14)8(13)11-10)6-7-4-3-5-15-7/h3-5H,2,6,10H2,1H3,(H,11,13). The first-order valence-electron chi connectivity index (χ1n) is 4.51. The second-order valence-electron chi connectivity index (χ2n) is 2.87. The van der Waals surface area contributed by atoms with Crippen molar-refractivity contribution in [2.45, 2.75) is 13.5 Å². The lowest BCUT2D eigenvalue weighted by Crippen LogP contribution is -2.45. The molecular weight excluding hydrogens is 214 g/mol. The molecule has 0 fully saturated rings. The van der Waals surface area contributed by atoms with E-state index in [4.69, 9.17) is 5.84 Å². The fraction of sp³-hybridized carbons (Fsp3) is 0.333. The maximum absolute atomic E-state index is 11.5. The van der Waals surface area contributed by atoms with E-state index in [0.717, 1.165) is 4.88 Å². The van der Waals surface area contributed by atoms with Crippen LogP contribution in [-0.4, -0.2) is 23.3 Å². The molecule has 3 N–H and O–H groups in total. The van der Waals surface area contributed by atoms with E-state index in [1.54, 1.807) is 11.3 Å². The molecule has 0 saturated carbocycles. The number of hydrazine groups is 1. The molecule has 82 valence electrons. The zero-order chi connectivity index (χ0) is 11.3. The molecule has 1 aromatic heterocycles. The van der Waals surface area contributed by atoms with E-state index in [1.165, 1.54) is 4.90 Å². The number of hydrogen-bond donors (Lipinski definition) is 2. The Morgan fingerprint density at radius 3 is 2.80 bits per heavy atom. The molecule has 0 saturated heterocycles. The minimum Gasteiger partial charge on any atom is -0.330 e. The Balaban J connectivity index is 2.64. The van der Waals surface area contributed by atoms with Crippen LogP contribution in [0.4, 0.5) is 0 Å². The summed E-state index contributed by atoms with van der Waals surface area (Å²) in [5.41, 5.74) is 1.83. The summed E-state index contributed by atoms with van der Waals surface area (Å²) in [7, 11) is 0.